The number of hydrogen-bond donors (Lipinski definition) is 1. The molecule has 1 heterocycles. The minimum absolute atomic E-state index is 0.0170. The van der Waals surface area contributed by atoms with Gasteiger partial charge in [-0.2, -0.15) is 5.26 Å². The molecule has 0 unspecified atom stereocenters. The molecule has 4 heteroatoms. The van der Waals surface area contributed by atoms with Gasteiger partial charge in [0, 0.05) is 19.1 Å². The summed E-state index contributed by atoms with van der Waals surface area (Å²) in [6.07, 6.45) is 2.86. The molecule has 1 spiro atoms. The Balaban J connectivity index is 1.65. The van der Waals surface area contributed by atoms with E-state index in [0.29, 0.717) is 0 Å². The van der Waals surface area contributed by atoms with E-state index in [9.17, 15) is 10.1 Å². The summed E-state index contributed by atoms with van der Waals surface area (Å²) in [4.78, 5) is 12.5. The zero-order valence-electron chi connectivity index (χ0n) is 14.8. The fraction of sp³-hybridized carbons (Fsp3) is 0.600. The molecule has 3 rings (SSSR count). The van der Waals surface area contributed by atoms with Crippen molar-refractivity contribution in [2.75, 3.05) is 13.2 Å². The molecule has 0 aromatic heterocycles. The van der Waals surface area contributed by atoms with Gasteiger partial charge in [-0.25, -0.2) is 0 Å². The summed E-state index contributed by atoms with van der Waals surface area (Å²) in [7, 11) is 0. The molecule has 2 aliphatic rings. The van der Waals surface area contributed by atoms with Crippen molar-refractivity contribution in [2.45, 2.75) is 51.5 Å². The summed E-state index contributed by atoms with van der Waals surface area (Å²) in [5.41, 5.74) is 2.28. The molecule has 1 saturated carbocycles. The zero-order valence-corrected chi connectivity index (χ0v) is 14.8. The lowest BCUT2D eigenvalue weighted by Crippen LogP contribution is -2.32. The van der Waals surface area contributed by atoms with Gasteiger partial charge in [-0.15, -0.1) is 0 Å². The smallest absolute Gasteiger partial charge is 0.224 e. The predicted octanol–water partition coefficient (Wildman–Crippen LogP) is 3.48. The maximum absolute atomic E-state index is 12.5. The van der Waals surface area contributed by atoms with E-state index in [0.717, 1.165) is 38.0 Å². The van der Waals surface area contributed by atoms with Gasteiger partial charge in [-0.3, -0.25) is 4.79 Å². The van der Waals surface area contributed by atoms with E-state index in [1.165, 1.54) is 5.56 Å². The molecule has 24 heavy (non-hydrogen) atoms. The van der Waals surface area contributed by atoms with Gasteiger partial charge in [0.25, 0.3) is 0 Å². The standard InChI is InChI=1S/C20H26N2O2/c1-19(2,3)15-6-4-14(5-7-15)17(13-21)22-18(23)16-12-20(16)8-10-24-11-9-20/h4-7,16-17H,8-12H2,1-3H3,(H,22,23)/t16-,17-/m1/s1. The Hall–Kier alpha value is -1.86. The fourth-order valence-electron chi connectivity index (χ4n) is 3.66. The van der Waals surface area contributed by atoms with Crippen LogP contribution in [-0.4, -0.2) is 19.1 Å². The first-order valence-corrected chi connectivity index (χ1v) is 8.74. The second-order valence-electron chi connectivity index (χ2n) is 8.17. The summed E-state index contributed by atoms with van der Waals surface area (Å²) in [6, 6.07) is 9.63. The van der Waals surface area contributed by atoms with Crippen molar-refractivity contribution >= 4 is 5.91 Å². The van der Waals surface area contributed by atoms with E-state index in [-0.39, 0.29) is 22.7 Å². The molecule has 0 bridgehead atoms. The molecule has 1 aliphatic carbocycles. The van der Waals surface area contributed by atoms with Crippen molar-refractivity contribution in [3.63, 3.8) is 0 Å². The van der Waals surface area contributed by atoms with Gasteiger partial charge in [-0.05, 0) is 41.2 Å². The largest absolute Gasteiger partial charge is 0.381 e. The Morgan fingerprint density at radius 1 is 1.29 bits per heavy atom. The van der Waals surface area contributed by atoms with E-state index in [1.54, 1.807) is 0 Å². The maximum Gasteiger partial charge on any atom is 0.224 e. The van der Waals surface area contributed by atoms with Crippen LogP contribution in [0.15, 0.2) is 24.3 Å². The van der Waals surface area contributed by atoms with Crippen LogP contribution in [0.4, 0.5) is 0 Å². The van der Waals surface area contributed by atoms with Crippen LogP contribution in [-0.2, 0) is 14.9 Å². The number of nitrogens with one attached hydrogen (secondary N) is 1. The monoisotopic (exact) mass is 326 g/mol. The second kappa shape index (κ2) is 6.22. The summed E-state index contributed by atoms with van der Waals surface area (Å²) < 4.78 is 5.40. The lowest BCUT2D eigenvalue weighted by Gasteiger charge is -2.23. The summed E-state index contributed by atoms with van der Waals surface area (Å²) >= 11 is 0. The first-order chi connectivity index (χ1) is 11.4. The highest BCUT2D eigenvalue weighted by molar-refractivity contribution is 5.83. The molecule has 0 radical (unpaired) electrons. The summed E-state index contributed by atoms with van der Waals surface area (Å²) in [5, 5.41) is 12.4. The third-order valence-electron chi connectivity index (χ3n) is 5.52. The third-order valence-corrected chi connectivity index (χ3v) is 5.52. The highest BCUT2D eigenvalue weighted by atomic mass is 16.5. The Morgan fingerprint density at radius 3 is 2.46 bits per heavy atom. The van der Waals surface area contributed by atoms with Crippen molar-refractivity contribution in [1.29, 1.82) is 5.26 Å². The van der Waals surface area contributed by atoms with Crippen LogP contribution in [0.5, 0.6) is 0 Å². The molecule has 2 fully saturated rings. The molecule has 1 N–H and O–H groups in total. The van der Waals surface area contributed by atoms with Crippen molar-refractivity contribution in [2.24, 2.45) is 11.3 Å². The molecule has 4 nitrogen and oxygen atoms in total. The van der Waals surface area contributed by atoms with Crippen LogP contribution in [0, 0.1) is 22.7 Å². The lowest BCUT2D eigenvalue weighted by atomic mass is 9.86. The van der Waals surface area contributed by atoms with Gasteiger partial charge in [0.05, 0.1) is 6.07 Å². The van der Waals surface area contributed by atoms with Crippen molar-refractivity contribution in [3.05, 3.63) is 35.4 Å². The summed E-state index contributed by atoms with van der Waals surface area (Å²) in [5.74, 6) is 0.0643. The topological polar surface area (TPSA) is 62.1 Å². The molecule has 1 aromatic rings. The fourth-order valence-corrected chi connectivity index (χ4v) is 3.66. The Kier molecular flexibility index (Phi) is 4.40. The average Bonchev–Trinajstić information content (AvgIpc) is 3.25. The molecule has 1 amide bonds. The number of nitrogens with zero attached hydrogens (tertiary/aromatic N) is 1. The molecule has 128 valence electrons. The van der Waals surface area contributed by atoms with Crippen LogP contribution in [0.3, 0.4) is 0 Å². The second-order valence-corrected chi connectivity index (χ2v) is 8.17. The quantitative estimate of drug-likeness (QED) is 0.925. The highest BCUT2D eigenvalue weighted by Crippen LogP contribution is 2.59. The van der Waals surface area contributed by atoms with Crippen molar-refractivity contribution in [1.82, 2.24) is 5.32 Å². The zero-order chi connectivity index (χ0) is 17.4. The Morgan fingerprint density at radius 2 is 1.92 bits per heavy atom. The summed E-state index contributed by atoms with van der Waals surface area (Å²) in [6.45, 7) is 7.98. The number of hydrogen-bond acceptors (Lipinski definition) is 3. The van der Waals surface area contributed by atoms with Gasteiger partial charge in [-0.1, -0.05) is 45.0 Å². The minimum atomic E-state index is -0.580. The molecule has 1 aromatic carbocycles. The Labute approximate surface area is 144 Å². The predicted molar refractivity (Wildman–Crippen MR) is 92.2 cm³/mol. The average molecular weight is 326 g/mol. The van der Waals surface area contributed by atoms with E-state index < -0.39 is 6.04 Å². The van der Waals surface area contributed by atoms with Crippen LogP contribution in [0.1, 0.15) is 57.2 Å². The number of carbonyl (C=O) groups is 1. The van der Waals surface area contributed by atoms with Gasteiger partial charge in [0.2, 0.25) is 5.91 Å². The van der Waals surface area contributed by atoms with Crippen LogP contribution in [0.25, 0.3) is 0 Å². The molecule has 1 aliphatic heterocycles. The SMILES string of the molecule is CC(C)(C)c1ccc([C@@H](C#N)NC(=O)[C@H]2CC23CCOCC3)cc1. The van der Waals surface area contributed by atoms with Gasteiger partial charge in [0.15, 0.2) is 0 Å². The van der Waals surface area contributed by atoms with Gasteiger partial charge in [0.1, 0.15) is 6.04 Å². The molecule has 2 atom stereocenters. The van der Waals surface area contributed by atoms with Gasteiger partial charge < -0.3 is 10.1 Å². The highest BCUT2D eigenvalue weighted by Gasteiger charge is 2.58. The van der Waals surface area contributed by atoms with E-state index in [4.69, 9.17) is 4.74 Å². The van der Waals surface area contributed by atoms with Crippen LogP contribution >= 0.6 is 0 Å². The minimum Gasteiger partial charge on any atom is -0.381 e. The molecular weight excluding hydrogens is 300 g/mol. The van der Waals surface area contributed by atoms with E-state index in [2.05, 4.69) is 32.2 Å². The number of benzene rings is 1. The van der Waals surface area contributed by atoms with Gasteiger partial charge >= 0.3 is 0 Å². The van der Waals surface area contributed by atoms with E-state index >= 15 is 0 Å². The number of ether oxygens (including phenoxy) is 1. The molecular formula is C20H26N2O2. The van der Waals surface area contributed by atoms with Crippen LogP contribution < -0.4 is 5.32 Å². The number of carbonyl (C=O) groups excluding carboxylic acids is 1. The first-order valence-electron chi connectivity index (χ1n) is 8.74. The lowest BCUT2D eigenvalue weighted by molar-refractivity contribution is -0.124. The number of amides is 1. The first kappa shape index (κ1) is 17.0. The van der Waals surface area contributed by atoms with E-state index in [1.807, 2.05) is 24.3 Å². The molecule has 1 saturated heterocycles. The van der Waals surface area contributed by atoms with Crippen molar-refractivity contribution in [3.8, 4) is 6.07 Å². The number of nitriles is 1. The number of rotatable bonds is 3. The van der Waals surface area contributed by atoms with Crippen LogP contribution in [0.2, 0.25) is 0 Å². The third kappa shape index (κ3) is 3.32. The van der Waals surface area contributed by atoms with Crippen molar-refractivity contribution < 1.29 is 9.53 Å². The Bertz CT molecular complexity index is 646. The maximum atomic E-state index is 12.5. The normalized spacial score (nSPS) is 23.3.